The van der Waals surface area contributed by atoms with E-state index in [1.165, 1.54) is 0 Å². The molecule has 46 valence electrons. The Morgan fingerprint density at radius 3 is 2.38 bits per heavy atom. The maximum absolute atomic E-state index is 5.58. The molecule has 0 aromatic heterocycles. The number of hydrogen-bond donors (Lipinski definition) is 1. The highest BCUT2D eigenvalue weighted by Gasteiger charge is 2.04. The number of hydrogen-bond acceptors (Lipinski definition) is 1. The Kier molecular flexibility index (Phi) is 3.30. The van der Waals surface area contributed by atoms with E-state index in [-0.39, 0.29) is 12.0 Å². The van der Waals surface area contributed by atoms with Gasteiger partial charge in [-0.1, -0.05) is 6.92 Å². The Balaban J connectivity index is 3.49. The second-order valence-corrected chi connectivity index (χ2v) is 2.03. The fourth-order valence-electron chi connectivity index (χ4n) is 0.477. The molecular weight excluding hydrogens is 98.1 g/mol. The summed E-state index contributed by atoms with van der Waals surface area (Å²) >= 11 is 0. The van der Waals surface area contributed by atoms with E-state index in [9.17, 15) is 0 Å². The molecule has 0 saturated heterocycles. The van der Waals surface area contributed by atoms with Crippen LogP contribution in [0.4, 0.5) is 0 Å². The van der Waals surface area contributed by atoms with E-state index in [2.05, 4.69) is 5.92 Å². The summed E-state index contributed by atoms with van der Waals surface area (Å²) in [5.41, 5.74) is 5.58. The monoisotopic (exact) mass is 111 g/mol. The maximum Gasteiger partial charge on any atom is 0.0323 e. The van der Waals surface area contributed by atoms with Crippen LogP contribution in [-0.2, 0) is 0 Å². The van der Waals surface area contributed by atoms with Crippen molar-refractivity contribution < 1.29 is 0 Å². The highest BCUT2D eigenvalue weighted by Crippen LogP contribution is 2.00. The zero-order chi connectivity index (χ0) is 6.57. The number of terminal acetylenes is 1. The van der Waals surface area contributed by atoms with Crippen LogP contribution in [0.5, 0.6) is 0 Å². The largest absolute Gasteiger partial charge is 0.327 e. The van der Waals surface area contributed by atoms with Crippen LogP contribution < -0.4 is 5.73 Å². The van der Waals surface area contributed by atoms with Crippen molar-refractivity contribution in [3.63, 3.8) is 0 Å². The van der Waals surface area contributed by atoms with Crippen molar-refractivity contribution in [3.05, 3.63) is 0 Å². The molecule has 0 aliphatic heterocycles. The molecule has 0 aromatic carbocycles. The molecule has 0 aromatic rings. The van der Waals surface area contributed by atoms with Gasteiger partial charge in [-0.05, 0) is 13.3 Å². The standard InChI is InChI=1S/C7H13N/c1-4-6(3)7(8)5-2/h1,6-7H,5,8H2,2-3H3. The van der Waals surface area contributed by atoms with Gasteiger partial charge in [0.15, 0.2) is 0 Å². The summed E-state index contributed by atoms with van der Waals surface area (Å²) in [6, 6.07) is 0.181. The third-order valence-electron chi connectivity index (χ3n) is 1.38. The Labute approximate surface area is 51.3 Å². The van der Waals surface area contributed by atoms with Crippen molar-refractivity contribution in [1.29, 1.82) is 0 Å². The summed E-state index contributed by atoms with van der Waals surface area (Å²) in [5.74, 6) is 2.81. The molecule has 8 heavy (non-hydrogen) atoms. The van der Waals surface area contributed by atoms with E-state index in [0.29, 0.717) is 0 Å². The van der Waals surface area contributed by atoms with Crippen LogP contribution in [0.3, 0.4) is 0 Å². The van der Waals surface area contributed by atoms with Crippen molar-refractivity contribution >= 4 is 0 Å². The lowest BCUT2D eigenvalue weighted by molar-refractivity contribution is 0.539. The zero-order valence-corrected chi connectivity index (χ0v) is 5.52. The van der Waals surface area contributed by atoms with Crippen molar-refractivity contribution in [1.82, 2.24) is 0 Å². The van der Waals surface area contributed by atoms with E-state index in [1.807, 2.05) is 13.8 Å². The summed E-state index contributed by atoms with van der Waals surface area (Å²) < 4.78 is 0. The Hall–Kier alpha value is -0.480. The Morgan fingerprint density at radius 1 is 1.75 bits per heavy atom. The van der Waals surface area contributed by atoms with Crippen molar-refractivity contribution in [2.45, 2.75) is 26.3 Å². The average molecular weight is 111 g/mol. The van der Waals surface area contributed by atoms with Gasteiger partial charge in [0, 0.05) is 12.0 Å². The molecule has 1 heteroatoms. The fraction of sp³-hybridized carbons (Fsp3) is 0.714. The van der Waals surface area contributed by atoms with Gasteiger partial charge in [0.25, 0.3) is 0 Å². The summed E-state index contributed by atoms with van der Waals surface area (Å²) in [6.07, 6.45) is 6.08. The van der Waals surface area contributed by atoms with Crippen LogP contribution >= 0.6 is 0 Å². The van der Waals surface area contributed by atoms with Gasteiger partial charge in [0.2, 0.25) is 0 Å². The smallest absolute Gasteiger partial charge is 0.0323 e. The predicted octanol–water partition coefficient (Wildman–Crippen LogP) is 0.993. The second kappa shape index (κ2) is 3.51. The third kappa shape index (κ3) is 1.99. The first-order valence-corrected chi connectivity index (χ1v) is 2.94. The lowest BCUT2D eigenvalue weighted by Gasteiger charge is -2.10. The van der Waals surface area contributed by atoms with Crippen LogP contribution in [-0.4, -0.2) is 6.04 Å². The molecule has 0 saturated carbocycles. The van der Waals surface area contributed by atoms with Crippen molar-refractivity contribution in [2.75, 3.05) is 0 Å². The third-order valence-corrected chi connectivity index (χ3v) is 1.38. The second-order valence-electron chi connectivity index (χ2n) is 2.03. The molecule has 0 rings (SSSR count). The number of rotatable bonds is 2. The van der Waals surface area contributed by atoms with E-state index in [0.717, 1.165) is 6.42 Å². The van der Waals surface area contributed by atoms with Crippen molar-refractivity contribution in [3.8, 4) is 12.3 Å². The minimum atomic E-state index is 0.181. The Morgan fingerprint density at radius 2 is 2.25 bits per heavy atom. The Bertz CT molecular complexity index is 91.1. The quantitative estimate of drug-likeness (QED) is 0.528. The van der Waals surface area contributed by atoms with Gasteiger partial charge in [-0.2, -0.15) is 0 Å². The van der Waals surface area contributed by atoms with Crippen molar-refractivity contribution in [2.24, 2.45) is 11.7 Å². The molecule has 2 unspecified atom stereocenters. The van der Waals surface area contributed by atoms with Gasteiger partial charge in [0.05, 0.1) is 0 Å². The van der Waals surface area contributed by atoms with Gasteiger partial charge in [-0.25, -0.2) is 0 Å². The number of nitrogens with two attached hydrogens (primary N) is 1. The zero-order valence-electron chi connectivity index (χ0n) is 5.52. The van der Waals surface area contributed by atoms with Crippen LogP contribution in [0.25, 0.3) is 0 Å². The topological polar surface area (TPSA) is 26.0 Å². The lowest BCUT2D eigenvalue weighted by atomic mass is 10.0. The molecular formula is C7H13N. The lowest BCUT2D eigenvalue weighted by Crippen LogP contribution is -2.25. The SMILES string of the molecule is C#CC(C)C(N)CC. The first-order chi connectivity index (χ1) is 3.72. The van der Waals surface area contributed by atoms with E-state index < -0.39 is 0 Å². The maximum atomic E-state index is 5.58. The minimum absolute atomic E-state index is 0.181. The van der Waals surface area contributed by atoms with Gasteiger partial charge in [-0.3, -0.25) is 0 Å². The molecule has 0 heterocycles. The van der Waals surface area contributed by atoms with E-state index in [1.54, 1.807) is 0 Å². The fourth-order valence-corrected chi connectivity index (χ4v) is 0.477. The summed E-state index contributed by atoms with van der Waals surface area (Å²) in [4.78, 5) is 0. The first-order valence-electron chi connectivity index (χ1n) is 2.94. The normalized spacial score (nSPS) is 16.8. The van der Waals surface area contributed by atoms with Gasteiger partial charge in [0.1, 0.15) is 0 Å². The van der Waals surface area contributed by atoms with E-state index in [4.69, 9.17) is 12.2 Å². The predicted molar refractivity (Wildman–Crippen MR) is 36.3 cm³/mol. The first kappa shape index (κ1) is 7.52. The molecule has 2 N–H and O–H groups in total. The summed E-state index contributed by atoms with van der Waals surface area (Å²) in [7, 11) is 0. The average Bonchev–Trinajstić information content (AvgIpc) is 1.84. The van der Waals surface area contributed by atoms with E-state index >= 15 is 0 Å². The molecule has 2 atom stereocenters. The van der Waals surface area contributed by atoms with Crippen LogP contribution in [0.1, 0.15) is 20.3 Å². The molecule has 0 fully saturated rings. The highest BCUT2D eigenvalue weighted by atomic mass is 14.6. The summed E-state index contributed by atoms with van der Waals surface area (Å²) in [6.45, 7) is 4.01. The highest BCUT2D eigenvalue weighted by molar-refractivity contribution is 4.94. The molecule has 0 radical (unpaired) electrons. The van der Waals surface area contributed by atoms with Gasteiger partial charge >= 0.3 is 0 Å². The molecule has 0 spiro atoms. The van der Waals surface area contributed by atoms with Gasteiger partial charge in [-0.15, -0.1) is 12.3 Å². The summed E-state index contributed by atoms with van der Waals surface area (Å²) in [5, 5.41) is 0. The molecule has 0 aliphatic rings. The molecule has 1 nitrogen and oxygen atoms in total. The molecule has 0 aliphatic carbocycles. The minimum Gasteiger partial charge on any atom is -0.327 e. The molecule has 0 amide bonds. The van der Waals surface area contributed by atoms with Crippen LogP contribution in [0.15, 0.2) is 0 Å². The van der Waals surface area contributed by atoms with Gasteiger partial charge < -0.3 is 5.73 Å². The van der Waals surface area contributed by atoms with Crippen LogP contribution in [0.2, 0.25) is 0 Å². The molecule has 0 bridgehead atoms. The van der Waals surface area contributed by atoms with Crippen LogP contribution in [0, 0.1) is 18.3 Å².